The van der Waals surface area contributed by atoms with Gasteiger partial charge in [-0.05, 0) is 19.9 Å². The van der Waals surface area contributed by atoms with Crippen molar-refractivity contribution in [1.29, 1.82) is 0 Å². The number of aromatic amines is 1. The van der Waals surface area contributed by atoms with Gasteiger partial charge in [0.25, 0.3) is 0 Å². The van der Waals surface area contributed by atoms with Crippen molar-refractivity contribution in [3.05, 3.63) is 24.2 Å². The molecular weight excluding hydrogens is 287 g/mol. The summed E-state index contributed by atoms with van der Waals surface area (Å²) in [6.07, 6.45) is 3.52. The highest BCUT2D eigenvalue weighted by Crippen LogP contribution is 2.25. The second-order valence-electron chi connectivity index (χ2n) is 4.73. The monoisotopic (exact) mass is 304 g/mol. The van der Waals surface area contributed by atoms with Gasteiger partial charge < -0.3 is 15.0 Å². The fourth-order valence-electron chi connectivity index (χ4n) is 2.18. The number of hydrogen-bond acceptors (Lipinski definition) is 5. The van der Waals surface area contributed by atoms with E-state index in [4.69, 9.17) is 4.74 Å². The second kappa shape index (κ2) is 6.00. The van der Waals surface area contributed by atoms with Gasteiger partial charge >= 0.3 is 0 Å². The van der Waals surface area contributed by atoms with E-state index in [9.17, 15) is 4.39 Å². The van der Waals surface area contributed by atoms with Crippen LogP contribution in [0.4, 0.5) is 16.0 Å². The normalized spacial score (nSPS) is 11.0. The standard InChI is InChI=1S/C14H17FN6O/c1-3-22-13-10-4-6-16-12(10)18-14(19-13)17-11-8-21(7-5-15)20-9(11)2/h4,6,8H,3,5,7H2,1-2H3,(H2,16,17,18,19). The highest BCUT2D eigenvalue weighted by atomic mass is 19.1. The lowest BCUT2D eigenvalue weighted by atomic mass is 10.4. The summed E-state index contributed by atoms with van der Waals surface area (Å²) >= 11 is 0. The Balaban J connectivity index is 1.93. The number of fused-ring (bicyclic) bond motifs is 1. The number of alkyl halides is 1. The van der Waals surface area contributed by atoms with Crippen LogP contribution in [0.5, 0.6) is 5.88 Å². The Kier molecular flexibility index (Phi) is 3.90. The molecule has 0 bridgehead atoms. The molecular formula is C14H17FN6O. The Morgan fingerprint density at radius 1 is 1.41 bits per heavy atom. The quantitative estimate of drug-likeness (QED) is 0.731. The molecule has 116 valence electrons. The number of aromatic nitrogens is 5. The van der Waals surface area contributed by atoms with Crippen LogP contribution >= 0.6 is 0 Å². The molecule has 0 aromatic carbocycles. The van der Waals surface area contributed by atoms with Gasteiger partial charge in [0, 0.05) is 12.4 Å². The fourth-order valence-corrected chi connectivity index (χ4v) is 2.18. The minimum absolute atomic E-state index is 0.225. The summed E-state index contributed by atoms with van der Waals surface area (Å²) < 4.78 is 19.5. The lowest BCUT2D eigenvalue weighted by molar-refractivity contribution is 0.331. The fraction of sp³-hybridized carbons (Fsp3) is 0.357. The number of H-pyrrole nitrogens is 1. The van der Waals surface area contributed by atoms with Crippen molar-refractivity contribution in [2.45, 2.75) is 20.4 Å². The third-order valence-corrected chi connectivity index (χ3v) is 3.17. The average Bonchev–Trinajstić information content (AvgIpc) is 3.07. The molecule has 0 atom stereocenters. The van der Waals surface area contributed by atoms with Crippen molar-refractivity contribution in [2.24, 2.45) is 0 Å². The van der Waals surface area contributed by atoms with Crippen LogP contribution < -0.4 is 10.1 Å². The van der Waals surface area contributed by atoms with E-state index in [2.05, 4.69) is 25.4 Å². The third kappa shape index (κ3) is 2.72. The van der Waals surface area contributed by atoms with E-state index in [1.165, 1.54) is 0 Å². The predicted octanol–water partition coefficient (Wildman–Crippen LogP) is 2.57. The van der Waals surface area contributed by atoms with E-state index < -0.39 is 6.67 Å². The largest absolute Gasteiger partial charge is 0.477 e. The molecule has 0 radical (unpaired) electrons. The number of nitrogens with zero attached hydrogens (tertiary/aromatic N) is 4. The van der Waals surface area contributed by atoms with E-state index >= 15 is 0 Å². The molecule has 0 fully saturated rings. The van der Waals surface area contributed by atoms with Crippen molar-refractivity contribution in [1.82, 2.24) is 24.7 Å². The molecule has 0 aliphatic rings. The van der Waals surface area contributed by atoms with Gasteiger partial charge in [0.15, 0.2) is 0 Å². The van der Waals surface area contributed by atoms with Crippen molar-refractivity contribution in [2.75, 3.05) is 18.6 Å². The van der Waals surface area contributed by atoms with Gasteiger partial charge in [0.2, 0.25) is 11.8 Å². The van der Waals surface area contributed by atoms with E-state index in [1.807, 2.05) is 19.9 Å². The number of ether oxygens (including phenoxy) is 1. The zero-order valence-corrected chi connectivity index (χ0v) is 12.4. The van der Waals surface area contributed by atoms with Gasteiger partial charge in [0.1, 0.15) is 12.3 Å². The van der Waals surface area contributed by atoms with Gasteiger partial charge in [-0.1, -0.05) is 0 Å². The lowest BCUT2D eigenvalue weighted by Crippen LogP contribution is -2.02. The van der Waals surface area contributed by atoms with Gasteiger partial charge in [-0.15, -0.1) is 0 Å². The Morgan fingerprint density at radius 3 is 3.05 bits per heavy atom. The second-order valence-corrected chi connectivity index (χ2v) is 4.73. The SMILES string of the molecule is CCOc1nc(Nc2cn(CCF)nc2C)nc2[nH]ccc12. The lowest BCUT2D eigenvalue weighted by Gasteiger charge is -2.07. The molecule has 0 saturated carbocycles. The first-order chi connectivity index (χ1) is 10.7. The van der Waals surface area contributed by atoms with E-state index in [0.29, 0.717) is 24.1 Å². The number of aryl methyl sites for hydroxylation is 2. The number of nitrogens with one attached hydrogen (secondary N) is 2. The first-order valence-corrected chi connectivity index (χ1v) is 7.06. The number of anilines is 2. The molecule has 3 rings (SSSR count). The Bertz CT molecular complexity index is 781. The summed E-state index contributed by atoms with van der Waals surface area (Å²) in [4.78, 5) is 11.8. The summed E-state index contributed by atoms with van der Waals surface area (Å²) in [6, 6.07) is 1.87. The molecule has 0 aliphatic carbocycles. The molecule has 0 spiro atoms. The highest BCUT2D eigenvalue weighted by Gasteiger charge is 2.12. The van der Waals surface area contributed by atoms with Gasteiger partial charge in [-0.25, -0.2) is 4.39 Å². The highest BCUT2D eigenvalue weighted by molar-refractivity contribution is 5.82. The number of hydrogen-bond donors (Lipinski definition) is 2. The summed E-state index contributed by atoms with van der Waals surface area (Å²) in [7, 11) is 0. The summed E-state index contributed by atoms with van der Waals surface area (Å²) in [5.74, 6) is 0.923. The smallest absolute Gasteiger partial charge is 0.232 e. The van der Waals surface area contributed by atoms with Crippen LogP contribution in [0.1, 0.15) is 12.6 Å². The van der Waals surface area contributed by atoms with Crippen molar-refractivity contribution in [3.63, 3.8) is 0 Å². The van der Waals surface area contributed by atoms with E-state index in [-0.39, 0.29) is 6.54 Å². The Hall–Kier alpha value is -2.64. The van der Waals surface area contributed by atoms with Crippen LogP contribution in [-0.2, 0) is 6.54 Å². The maximum Gasteiger partial charge on any atom is 0.232 e. The topological polar surface area (TPSA) is 80.7 Å². The Morgan fingerprint density at radius 2 is 2.27 bits per heavy atom. The summed E-state index contributed by atoms with van der Waals surface area (Å²) in [6.45, 7) is 4.03. The maximum atomic E-state index is 12.4. The van der Waals surface area contributed by atoms with Crippen LogP contribution in [0.25, 0.3) is 11.0 Å². The Labute approximate surface area is 126 Å². The number of rotatable bonds is 6. The van der Waals surface area contributed by atoms with Gasteiger partial charge in [0.05, 0.1) is 29.9 Å². The first kappa shape index (κ1) is 14.3. The molecule has 0 unspecified atom stereocenters. The molecule has 7 nitrogen and oxygen atoms in total. The van der Waals surface area contributed by atoms with Crippen molar-refractivity contribution >= 4 is 22.7 Å². The van der Waals surface area contributed by atoms with Gasteiger partial charge in [-0.3, -0.25) is 4.68 Å². The molecule has 0 amide bonds. The maximum absolute atomic E-state index is 12.4. The summed E-state index contributed by atoms with van der Waals surface area (Å²) in [5.41, 5.74) is 2.18. The number of halogens is 1. The predicted molar refractivity (Wildman–Crippen MR) is 81.3 cm³/mol. The minimum Gasteiger partial charge on any atom is -0.477 e. The molecule has 2 N–H and O–H groups in total. The zero-order chi connectivity index (χ0) is 15.5. The molecule has 3 aromatic rings. The molecule has 3 heterocycles. The van der Waals surface area contributed by atoms with Crippen LogP contribution in [0.2, 0.25) is 0 Å². The van der Waals surface area contributed by atoms with Crippen LogP contribution in [0.15, 0.2) is 18.5 Å². The molecule has 3 aromatic heterocycles. The minimum atomic E-state index is -0.458. The van der Waals surface area contributed by atoms with Crippen molar-refractivity contribution in [3.8, 4) is 5.88 Å². The van der Waals surface area contributed by atoms with Crippen molar-refractivity contribution < 1.29 is 9.13 Å². The zero-order valence-electron chi connectivity index (χ0n) is 12.4. The van der Waals surface area contributed by atoms with E-state index in [0.717, 1.165) is 16.8 Å². The average molecular weight is 304 g/mol. The van der Waals surface area contributed by atoms with Crippen LogP contribution in [0.3, 0.4) is 0 Å². The molecule has 8 heteroatoms. The van der Waals surface area contributed by atoms with Gasteiger partial charge in [-0.2, -0.15) is 15.1 Å². The first-order valence-electron chi connectivity index (χ1n) is 7.06. The molecule has 0 saturated heterocycles. The van der Waals surface area contributed by atoms with Crippen LogP contribution in [0, 0.1) is 6.92 Å². The van der Waals surface area contributed by atoms with E-state index in [1.54, 1.807) is 17.1 Å². The summed E-state index contributed by atoms with van der Waals surface area (Å²) in [5, 5.41) is 8.16. The molecule has 22 heavy (non-hydrogen) atoms. The van der Waals surface area contributed by atoms with Crippen LogP contribution in [-0.4, -0.2) is 38.0 Å². The third-order valence-electron chi connectivity index (χ3n) is 3.17. The molecule has 0 aliphatic heterocycles.